The Bertz CT molecular complexity index is 782. The lowest BCUT2D eigenvalue weighted by Crippen LogP contribution is -2.50. The number of halogens is 1. The Labute approximate surface area is 138 Å². The minimum atomic E-state index is -0.346. The van der Waals surface area contributed by atoms with Crippen molar-refractivity contribution in [3.05, 3.63) is 52.2 Å². The Hall–Kier alpha value is -2.90. The number of nitrogens with zero attached hydrogens (tertiary/aromatic N) is 3. The summed E-state index contributed by atoms with van der Waals surface area (Å²) in [6, 6.07) is 6.85. The molecule has 3 rings (SSSR count). The molecule has 1 aromatic carbocycles. The smallest absolute Gasteiger partial charge is 0.321 e. The van der Waals surface area contributed by atoms with E-state index in [2.05, 4.69) is 15.3 Å². The number of hydrogen-bond acceptors (Lipinski definition) is 4. The fourth-order valence-corrected chi connectivity index (χ4v) is 2.57. The Balaban J connectivity index is 1.59. The molecule has 0 unspecified atom stereocenters. The van der Waals surface area contributed by atoms with Crippen molar-refractivity contribution in [1.82, 2.24) is 14.9 Å². The number of aromatic amines is 1. The lowest BCUT2D eigenvalue weighted by molar-refractivity contribution is 0.208. The zero-order valence-corrected chi connectivity index (χ0v) is 13.3. The van der Waals surface area contributed by atoms with Crippen molar-refractivity contribution < 1.29 is 9.18 Å². The highest BCUT2D eigenvalue weighted by Crippen LogP contribution is 2.13. The molecule has 2 amide bonds. The number of carbonyl (C=O) groups is 1. The van der Waals surface area contributed by atoms with Gasteiger partial charge in [0, 0.05) is 43.6 Å². The number of piperazine rings is 1. The number of anilines is 2. The molecule has 0 radical (unpaired) electrons. The maximum Gasteiger partial charge on any atom is 0.321 e. The van der Waals surface area contributed by atoms with E-state index in [-0.39, 0.29) is 17.4 Å². The van der Waals surface area contributed by atoms with Crippen LogP contribution in [0.3, 0.4) is 0 Å². The molecule has 2 heterocycles. The SMILES string of the molecule is Cc1cc(=O)[nH]c(N2CCN(C(=O)Nc3ccc(F)cc3)CC2)n1. The number of rotatable bonds is 2. The van der Waals surface area contributed by atoms with E-state index in [1.54, 1.807) is 11.8 Å². The van der Waals surface area contributed by atoms with Crippen molar-refractivity contribution in [2.24, 2.45) is 0 Å². The van der Waals surface area contributed by atoms with Gasteiger partial charge in [-0.05, 0) is 31.2 Å². The number of nitrogens with one attached hydrogen (secondary N) is 2. The average Bonchev–Trinajstić information content (AvgIpc) is 2.56. The topological polar surface area (TPSA) is 81.3 Å². The number of carbonyl (C=O) groups excluding carboxylic acids is 1. The Morgan fingerprint density at radius 3 is 2.50 bits per heavy atom. The van der Waals surface area contributed by atoms with Gasteiger partial charge in [0.15, 0.2) is 0 Å². The van der Waals surface area contributed by atoms with Gasteiger partial charge in [-0.25, -0.2) is 14.2 Å². The summed E-state index contributed by atoms with van der Waals surface area (Å²) in [6.45, 7) is 3.92. The number of benzene rings is 1. The van der Waals surface area contributed by atoms with Crippen LogP contribution in [0.15, 0.2) is 35.1 Å². The summed E-state index contributed by atoms with van der Waals surface area (Å²) in [5.41, 5.74) is 1.02. The number of aryl methyl sites for hydroxylation is 1. The van der Waals surface area contributed by atoms with E-state index < -0.39 is 0 Å². The molecule has 0 atom stereocenters. The Morgan fingerprint density at radius 1 is 1.21 bits per heavy atom. The number of H-pyrrole nitrogens is 1. The maximum atomic E-state index is 12.9. The summed E-state index contributed by atoms with van der Waals surface area (Å²) in [4.78, 5) is 34.4. The van der Waals surface area contributed by atoms with E-state index in [4.69, 9.17) is 0 Å². The highest BCUT2D eigenvalue weighted by atomic mass is 19.1. The van der Waals surface area contributed by atoms with Crippen LogP contribution in [-0.4, -0.2) is 47.1 Å². The molecule has 1 aliphatic heterocycles. The molecule has 1 fully saturated rings. The van der Waals surface area contributed by atoms with E-state index in [1.165, 1.54) is 30.3 Å². The molecule has 0 bridgehead atoms. The second kappa shape index (κ2) is 6.69. The van der Waals surface area contributed by atoms with Crippen LogP contribution < -0.4 is 15.8 Å². The van der Waals surface area contributed by atoms with Gasteiger partial charge in [-0.15, -0.1) is 0 Å². The number of hydrogen-bond donors (Lipinski definition) is 2. The van der Waals surface area contributed by atoms with E-state index in [0.29, 0.717) is 43.5 Å². The van der Waals surface area contributed by atoms with Gasteiger partial charge in [0.05, 0.1) is 0 Å². The van der Waals surface area contributed by atoms with Crippen LogP contribution in [0.4, 0.5) is 20.8 Å². The van der Waals surface area contributed by atoms with Crippen LogP contribution in [0.2, 0.25) is 0 Å². The molecular formula is C16H18FN5O2. The highest BCUT2D eigenvalue weighted by molar-refractivity contribution is 5.89. The summed E-state index contributed by atoms with van der Waals surface area (Å²) in [6.07, 6.45) is 0. The van der Waals surface area contributed by atoms with Crippen molar-refractivity contribution in [2.75, 3.05) is 36.4 Å². The molecule has 126 valence electrons. The molecule has 0 aliphatic carbocycles. The highest BCUT2D eigenvalue weighted by Gasteiger charge is 2.22. The van der Waals surface area contributed by atoms with Crippen molar-refractivity contribution >= 4 is 17.7 Å². The van der Waals surface area contributed by atoms with Crippen molar-refractivity contribution in [3.8, 4) is 0 Å². The quantitative estimate of drug-likeness (QED) is 0.875. The van der Waals surface area contributed by atoms with E-state index in [9.17, 15) is 14.0 Å². The zero-order valence-electron chi connectivity index (χ0n) is 13.3. The fourth-order valence-electron chi connectivity index (χ4n) is 2.57. The molecule has 1 aliphatic rings. The minimum Gasteiger partial charge on any atom is -0.339 e. The fraction of sp³-hybridized carbons (Fsp3) is 0.312. The van der Waals surface area contributed by atoms with Gasteiger partial charge in [-0.3, -0.25) is 9.78 Å². The monoisotopic (exact) mass is 331 g/mol. The third kappa shape index (κ3) is 3.70. The van der Waals surface area contributed by atoms with Gasteiger partial charge in [-0.1, -0.05) is 0 Å². The summed E-state index contributed by atoms with van der Waals surface area (Å²) in [5.74, 6) is 0.180. The standard InChI is InChI=1S/C16H18FN5O2/c1-11-10-14(23)20-15(18-11)21-6-8-22(9-7-21)16(24)19-13-4-2-12(17)3-5-13/h2-5,10H,6-9H2,1H3,(H,19,24)(H,18,20,23). The van der Waals surface area contributed by atoms with Crippen LogP contribution in [0.5, 0.6) is 0 Å². The molecule has 7 nitrogen and oxygen atoms in total. The molecule has 1 saturated heterocycles. The molecule has 0 saturated carbocycles. The molecule has 2 N–H and O–H groups in total. The predicted octanol–water partition coefficient (Wildman–Crippen LogP) is 1.57. The van der Waals surface area contributed by atoms with Gasteiger partial charge in [0.2, 0.25) is 5.95 Å². The van der Waals surface area contributed by atoms with Gasteiger partial charge >= 0.3 is 6.03 Å². The minimum absolute atomic E-state index is 0.186. The third-order valence-corrected chi connectivity index (χ3v) is 3.82. The zero-order chi connectivity index (χ0) is 17.1. The van der Waals surface area contributed by atoms with Crippen LogP contribution >= 0.6 is 0 Å². The first-order chi connectivity index (χ1) is 11.5. The summed E-state index contributed by atoms with van der Waals surface area (Å²) < 4.78 is 12.9. The first-order valence-electron chi connectivity index (χ1n) is 7.66. The molecule has 0 spiro atoms. The van der Waals surface area contributed by atoms with Crippen molar-refractivity contribution in [3.63, 3.8) is 0 Å². The second-order valence-corrected chi connectivity index (χ2v) is 5.62. The average molecular weight is 331 g/mol. The summed E-state index contributed by atoms with van der Waals surface area (Å²) in [7, 11) is 0. The normalized spacial score (nSPS) is 14.6. The molecular weight excluding hydrogens is 313 g/mol. The van der Waals surface area contributed by atoms with Gasteiger partial charge in [0.1, 0.15) is 5.82 Å². The number of aromatic nitrogens is 2. The summed E-state index contributed by atoms with van der Waals surface area (Å²) in [5, 5.41) is 2.74. The lowest BCUT2D eigenvalue weighted by Gasteiger charge is -2.35. The summed E-state index contributed by atoms with van der Waals surface area (Å²) >= 11 is 0. The van der Waals surface area contributed by atoms with Gasteiger partial charge < -0.3 is 15.1 Å². The van der Waals surface area contributed by atoms with E-state index in [1.807, 2.05) is 4.90 Å². The van der Waals surface area contributed by atoms with Crippen molar-refractivity contribution in [1.29, 1.82) is 0 Å². The third-order valence-electron chi connectivity index (χ3n) is 3.82. The van der Waals surface area contributed by atoms with Crippen LogP contribution in [-0.2, 0) is 0 Å². The van der Waals surface area contributed by atoms with Gasteiger partial charge in [0.25, 0.3) is 5.56 Å². The first-order valence-corrected chi connectivity index (χ1v) is 7.66. The Kier molecular flexibility index (Phi) is 4.45. The van der Waals surface area contributed by atoms with Crippen LogP contribution in [0, 0.1) is 12.7 Å². The first kappa shape index (κ1) is 16.0. The van der Waals surface area contributed by atoms with Crippen molar-refractivity contribution in [2.45, 2.75) is 6.92 Å². The number of urea groups is 1. The van der Waals surface area contributed by atoms with E-state index >= 15 is 0 Å². The molecule has 24 heavy (non-hydrogen) atoms. The molecule has 8 heteroatoms. The van der Waals surface area contributed by atoms with Crippen LogP contribution in [0.25, 0.3) is 0 Å². The maximum absolute atomic E-state index is 12.9. The van der Waals surface area contributed by atoms with Gasteiger partial charge in [-0.2, -0.15) is 0 Å². The number of amides is 2. The molecule has 1 aromatic heterocycles. The Morgan fingerprint density at radius 2 is 1.88 bits per heavy atom. The predicted molar refractivity (Wildman–Crippen MR) is 88.8 cm³/mol. The molecule has 2 aromatic rings. The van der Waals surface area contributed by atoms with Crippen LogP contribution in [0.1, 0.15) is 5.69 Å². The lowest BCUT2D eigenvalue weighted by atomic mass is 10.3. The largest absolute Gasteiger partial charge is 0.339 e. The van der Waals surface area contributed by atoms with E-state index in [0.717, 1.165) is 0 Å². The second-order valence-electron chi connectivity index (χ2n) is 5.62.